The molecule has 3 aromatic carbocycles. The average Bonchev–Trinajstić information content (AvgIpc) is 2.76. The average molecular weight is 427 g/mol. The van der Waals surface area contributed by atoms with E-state index in [1.165, 1.54) is 22.3 Å². The van der Waals surface area contributed by atoms with E-state index in [-0.39, 0.29) is 29.6 Å². The van der Waals surface area contributed by atoms with Gasteiger partial charge in [-0.2, -0.15) is 0 Å². The Morgan fingerprint density at radius 2 is 1.47 bits per heavy atom. The van der Waals surface area contributed by atoms with Crippen molar-refractivity contribution in [1.29, 1.82) is 0 Å². The summed E-state index contributed by atoms with van der Waals surface area (Å²) in [4.78, 5) is 14.2. The Balaban J connectivity index is 1.67. The molecule has 0 aromatic heterocycles. The number of rotatable bonds is 7. The van der Waals surface area contributed by atoms with Gasteiger partial charge in [-0.15, -0.1) is 0 Å². The largest absolute Gasteiger partial charge is 0.341 e. The van der Waals surface area contributed by atoms with Gasteiger partial charge in [0.25, 0.3) is 10.0 Å². The van der Waals surface area contributed by atoms with E-state index < -0.39 is 10.0 Å². The van der Waals surface area contributed by atoms with E-state index in [4.69, 9.17) is 0 Å². The van der Waals surface area contributed by atoms with Crippen LogP contribution in [0.25, 0.3) is 0 Å². The van der Waals surface area contributed by atoms with E-state index in [2.05, 4.69) is 0 Å². The molecule has 0 atom stereocenters. The standard InChI is InChI=1S/C23H23FN2O3S/c1-25(17-19-8-6-7-11-22(19)24)23(27)16-18-12-14-20(15-13-18)26(2)30(28,29)21-9-4-3-5-10-21/h3-15H,16-17H2,1-2H3. The Hall–Kier alpha value is -3.19. The smallest absolute Gasteiger partial charge is 0.264 e. The molecule has 0 spiro atoms. The lowest BCUT2D eigenvalue weighted by Crippen LogP contribution is -2.28. The molecule has 0 saturated heterocycles. The van der Waals surface area contributed by atoms with Crippen LogP contribution < -0.4 is 4.31 Å². The SMILES string of the molecule is CN(Cc1ccccc1F)C(=O)Cc1ccc(N(C)S(=O)(=O)c2ccccc2)cc1. The molecule has 0 bridgehead atoms. The molecule has 3 aromatic rings. The van der Waals surface area contributed by atoms with Crippen LogP contribution in [0.2, 0.25) is 0 Å². The molecule has 30 heavy (non-hydrogen) atoms. The fourth-order valence-electron chi connectivity index (χ4n) is 2.99. The van der Waals surface area contributed by atoms with Crippen LogP contribution in [0.3, 0.4) is 0 Å². The van der Waals surface area contributed by atoms with E-state index in [1.807, 2.05) is 0 Å². The van der Waals surface area contributed by atoms with Crippen LogP contribution in [0.1, 0.15) is 11.1 Å². The topological polar surface area (TPSA) is 57.7 Å². The van der Waals surface area contributed by atoms with Crippen molar-refractivity contribution < 1.29 is 17.6 Å². The third-order valence-electron chi connectivity index (χ3n) is 4.85. The molecular weight excluding hydrogens is 403 g/mol. The highest BCUT2D eigenvalue weighted by Crippen LogP contribution is 2.22. The summed E-state index contributed by atoms with van der Waals surface area (Å²) < 4.78 is 40.4. The van der Waals surface area contributed by atoms with Gasteiger partial charge in [-0.1, -0.05) is 48.5 Å². The van der Waals surface area contributed by atoms with Gasteiger partial charge in [0.2, 0.25) is 5.91 Å². The van der Waals surface area contributed by atoms with Gasteiger partial charge in [0.1, 0.15) is 5.82 Å². The Labute approximate surface area is 176 Å². The van der Waals surface area contributed by atoms with Crippen molar-refractivity contribution >= 4 is 21.6 Å². The Morgan fingerprint density at radius 3 is 2.10 bits per heavy atom. The second kappa shape index (κ2) is 9.09. The summed E-state index contributed by atoms with van der Waals surface area (Å²) in [5.74, 6) is -0.500. The van der Waals surface area contributed by atoms with E-state index in [9.17, 15) is 17.6 Å². The van der Waals surface area contributed by atoms with Crippen LogP contribution in [0.4, 0.5) is 10.1 Å². The summed E-state index contributed by atoms with van der Waals surface area (Å²) in [6.07, 6.45) is 0.139. The zero-order valence-electron chi connectivity index (χ0n) is 16.8. The molecule has 0 heterocycles. The summed E-state index contributed by atoms with van der Waals surface area (Å²) in [5, 5.41) is 0. The first-order valence-electron chi connectivity index (χ1n) is 9.39. The molecule has 0 aliphatic heterocycles. The number of hydrogen-bond donors (Lipinski definition) is 0. The summed E-state index contributed by atoms with van der Waals surface area (Å²) in [5.41, 5.74) is 1.70. The van der Waals surface area contributed by atoms with E-state index >= 15 is 0 Å². The van der Waals surface area contributed by atoms with Crippen molar-refractivity contribution in [3.05, 3.63) is 95.8 Å². The molecular formula is C23H23FN2O3S. The first-order valence-corrected chi connectivity index (χ1v) is 10.8. The fourth-order valence-corrected chi connectivity index (χ4v) is 4.21. The van der Waals surface area contributed by atoms with Crippen LogP contribution in [0.15, 0.2) is 83.8 Å². The highest BCUT2D eigenvalue weighted by molar-refractivity contribution is 7.92. The molecule has 156 valence electrons. The number of benzene rings is 3. The number of sulfonamides is 1. The molecule has 0 radical (unpaired) electrons. The molecule has 0 fully saturated rings. The maximum atomic E-state index is 13.8. The number of anilines is 1. The van der Waals surface area contributed by atoms with Crippen molar-refractivity contribution in [2.75, 3.05) is 18.4 Å². The van der Waals surface area contributed by atoms with Crippen molar-refractivity contribution in [2.24, 2.45) is 0 Å². The Morgan fingerprint density at radius 1 is 0.867 bits per heavy atom. The second-order valence-corrected chi connectivity index (χ2v) is 8.94. The van der Waals surface area contributed by atoms with Gasteiger partial charge in [-0.3, -0.25) is 9.10 Å². The normalized spacial score (nSPS) is 11.2. The third-order valence-corrected chi connectivity index (χ3v) is 6.65. The Kier molecular flexibility index (Phi) is 6.52. The summed E-state index contributed by atoms with van der Waals surface area (Å²) in [6, 6.07) is 21.3. The van der Waals surface area contributed by atoms with Gasteiger partial charge in [0.05, 0.1) is 17.0 Å². The molecule has 0 saturated carbocycles. The summed E-state index contributed by atoms with van der Waals surface area (Å²) >= 11 is 0. The zero-order chi connectivity index (χ0) is 21.7. The van der Waals surface area contributed by atoms with E-state index in [1.54, 1.807) is 79.8 Å². The zero-order valence-corrected chi connectivity index (χ0v) is 17.6. The lowest BCUT2D eigenvalue weighted by Gasteiger charge is -2.20. The Bertz CT molecular complexity index is 1120. The van der Waals surface area contributed by atoms with Gasteiger partial charge in [0, 0.05) is 26.2 Å². The predicted octanol–water partition coefficient (Wildman–Crippen LogP) is 3.85. The predicted molar refractivity (Wildman–Crippen MR) is 115 cm³/mol. The molecule has 0 aliphatic carbocycles. The molecule has 1 amide bonds. The molecule has 0 N–H and O–H groups in total. The van der Waals surface area contributed by atoms with Crippen LogP contribution in [-0.2, 0) is 27.8 Å². The number of likely N-dealkylation sites (N-methyl/N-ethyl adjacent to an activating group) is 1. The van der Waals surface area contributed by atoms with Gasteiger partial charge in [0.15, 0.2) is 0 Å². The van der Waals surface area contributed by atoms with Crippen molar-refractivity contribution in [2.45, 2.75) is 17.9 Å². The number of hydrogen-bond acceptors (Lipinski definition) is 3. The minimum atomic E-state index is -3.66. The monoisotopic (exact) mass is 426 g/mol. The third kappa shape index (κ3) is 4.86. The van der Waals surface area contributed by atoms with Crippen molar-refractivity contribution in [3.8, 4) is 0 Å². The van der Waals surface area contributed by atoms with Gasteiger partial charge in [-0.05, 0) is 35.9 Å². The fraction of sp³-hybridized carbons (Fsp3) is 0.174. The molecule has 3 rings (SSSR count). The summed E-state index contributed by atoms with van der Waals surface area (Å²) in [7, 11) is -0.538. The van der Waals surface area contributed by atoms with E-state index in [0.29, 0.717) is 11.3 Å². The molecule has 0 aliphatic rings. The van der Waals surface area contributed by atoms with Gasteiger partial charge in [-0.25, -0.2) is 12.8 Å². The lowest BCUT2D eigenvalue weighted by molar-refractivity contribution is -0.129. The summed E-state index contributed by atoms with van der Waals surface area (Å²) in [6.45, 7) is 0.182. The van der Waals surface area contributed by atoms with Crippen LogP contribution in [-0.4, -0.2) is 33.3 Å². The van der Waals surface area contributed by atoms with Crippen molar-refractivity contribution in [3.63, 3.8) is 0 Å². The number of nitrogens with zero attached hydrogens (tertiary/aromatic N) is 2. The van der Waals surface area contributed by atoms with Crippen molar-refractivity contribution in [1.82, 2.24) is 4.90 Å². The maximum Gasteiger partial charge on any atom is 0.264 e. The van der Waals surface area contributed by atoms with Crippen LogP contribution in [0, 0.1) is 5.82 Å². The first-order chi connectivity index (χ1) is 14.3. The number of amides is 1. The van der Waals surface area contributed by atoms with E-state index in [0.717, 1.165) is 5.56 Å². The highest BCUT2D eigenvalue weighted by Gasteiger charge is 2.21. The second-order valence-electron chi connectivity index (χ2n) is 6.97. The quantitative estimate of drug-likeness (QED) is 0.577. The van der Waals surface area contributed by atoms with Gasteiger partial charge < -0.3 is 4.90 Å². The lowest BCUT2D eigenvalue weighted by atomic mass is 10.1. The van der Waals surface area contributed by atoms with Crippen LogP contribution in [0.5, 0.6) is 0 Å². The number of halogens is 1. The minimum Gasteiger partial charge on any atom is -0.341 e. The highest BCUT2D eigenvalue weighted by atomic mass is 32.2. The number of carbonyl (C=O) groups excluding carboxylic acids is 1. The first kappa shape index (κ1) is 21.5. The number of carbonyl (C=O) groups is 1. The van der Waals surface area contributed by atoms with Crippen LogP contribution >= 0.6 is 0 Å². The molecule has 7 heteroatoms. The van der Waals surface area contributed by atoms with Gasteiger partial charge >= 0.3 is 0 Å². The molecule has 0 unspecified atom stereocenters. The molecule has 5 nitrogen and oxygen atoms in total. The minimum absolute atomic E-state index is 0.139. The maximum absolute atomic E-state index is 13.8.